The number of aromatic nitrogens is 1. The molecule has 0 atom stereocenters. The fourth-order valence-electron chi connectivity index (χ4n) is 3.20. The number of rotatable bonds is 9. The minimum Gasteiger partial charge on any atom is -0.302 e. The van der Waals surface area contributed by atoms with E-state index >= 15 is 0 Å². The molecular weight excluding hydrogens is 468 g/mol. The highest BCUT2D eigenvalue weighted by atomic mass is 35.5. The Balaban J connectivity index is 1.95. The number of hydrogen-bond acceptors (Lipinski definition) is 6. The Morgan fingerprint density at radius 2 is 1.69 bits per heavy atom. The van der Waals surface area contributed by atoms with Gasteiger partial charge in [0.15, 0.2) is 5.13 Å². The van der Waals surface area contributed by atoms with Crippen molar-refractivity contribution >= 4 is 54.2 Å². The quantitative estimate of drug-likeness (QED) is 0.446. The third-order valence-corrected chi connectivity index (χ3v) is 8.33. The van der Waals surface area contributed by atoms with Gasteiger partial charge in [0, 0.05) is 37.8 Å². The molecular formula is C22H27ClN4O3S2. The number of halogens is 1. The van der Waals surface area contributed by atoms with Gasteiger partial charge in [-0.2, -0.15) is 0 Å². The van der Waals surface area contributed by atoms with Crippen LogP contribution in [0, 0.1) is 0 Å². The van der Waals surface area contributed by atoms with E-state index in [-0.39, 0.29) is 10.8 Å². The van der Waals surface area contributed by atoms with Gasteiger partial charge >= 0.3 is 0 Å². The van der Waals surface area contributed by atoms with Crippen molar-refractivity contribution in [2.24, 2.45) is 0 Å². The van der Waals surface area contributed by atoms with Gasteiger partial charge in [-0.1, -0.05) is 36.8 Å². The van der Waals surface area contributed by atoms with Gasteiger partial charge in [0.05, 0.1) is 15.1 Å². The monoisotopic (exact) mass is 494 g/mol. The van der Waals surface area contributed by atoms with Crippen LogP contribution in [0.25, 0.3) is 10.2 Å². The summed E-state index contributed by atoms with van der Waals surface area (Å²) in [4.78, 5) is 22.1. The maximum Gasteiger partial charge on any atom is 0.260 e. The van der Waals surface area contributed by atoms with Gasteiger partial charge in [-0.15, -0.1) is 0 Å². The average molecular weight is 495 g/mol. The average Bonchev–Trinajstić information content (AvgIpc) is 3.19. The number of sulfonamides is 1. The molecule has 0 bridgehead atoms. The van der Waals surface area contributed by atoms with Crippen molar-refractivity contribution in [3.05, 3.63) is 53.1 Å². The molecule has 172 valence electrons. The van der Waals surface area contributed by atoms with E-state index < -0.39 is 10.0 Å². The van der Waals surface area contributed by atoms with Gasteiger partial charge in [-0.25, -0.2) is 17.7 Å². The Labute approximate surface area is 198 Å². The number of carbonyl (C=O) groups excluding carboxylic acids is 1. The van der Waals surface area contributed by atoms with Crippen molar-refractivity contribution in [1.29, 1.82) is 0 Å². The van der Waals surface area contributed by atoms with Crippen LogP contribution >= 0.6 is 22.9 Å². The fourth-order valence-corrected chi connectivity index (χ4v) is 5.37. The number of benzene rings is 2. The van der Waals surface area contributed by atoms with E-state index in [1.54, 1.807) is 23.1 Å². The van der Waals surface area contributed by atoms with E-state index in [9.17, 15) is 13.2 Å². The number of anilines is 1. The number of thiazole rings is 1. The summed E-state index contributed by atoms with van der Waals surface area (Å²) in [6.07, 6.45) is 0. The van der Waals surface area contributed by atoms with E-state index in [1.807, 2.05) is 12.1 Å². The second-order valence-corrected chi connectivity index (χ2v) is 11.0. The topological polar surface area (TPSA) is 73.8 Å². The first-order valence-corrected chi connectivity index (χ1v) is 12.9. The molecule has 10 heteroatoms. The summed E-state index contributed by atoms with van der Waals surface area (Å²) in [5.74, 6) is -0.226. The molecule has 0 aliphatic rings. The van der Waals surface area contributed by atoms with Crippen molar-refractivity contribution < 1.29 is 13.2 Å². The van der Waals surface area contributed by atoms with Crippen LogP contribution in [0.5, 0.6) is 0 Å². The molecule has 0 aliphatic carbocycles. The van der Waals surface area contributed by atoms with Crippen molar-refractivity contribution in [3.63, 3.8) is 0 Å². The molecule has 0 N–H and O–H groups in total. The predicted molar refractivity (Wildman–Crippen MR) is 131 cm³/mol. The highest BCUT2D eigenvalue weighted by Gasteiger charge is 2.23. The third kappa shape index (κ3) is 5.29. The van der Waals surface area contributed by atoms with Gasteiger partial charge in [0.25, 0.3) is 5.91 Å². The van der Waals surface area contributed by atoms with Gasteiger partial charge < -0.3 is 4.90 Å². The van der Waals surface area contributed by atoms with Crippen LogP contribution in [-0.2, 0) is 10.0 Å². The van der Waals surface area contributed by atoms with E-state index in [4.69, 9.17) is 11.6 Å². The Bertz CT molecular complexity index is 1190. The molecule has 32 heavy (non-hydrogen) atoms. The Morgan fingerprint density at radius 3 is 2.28 bits per heavy atom. The van der Waals surface area contributed by atoms with Crippen LogP contribution in [0.3, 0.4) is 0 Å². The molecule has 0 saturated heterocycles. The number of nitrogens with zero attached hydrogens (tertiary/aromatic N) is 4. The summed E-state index contributed by atoms with van der Waals surface area (Å²) in [5, 5.41) is 1.20. The number of hydrogen-bond donors (Lipinski definition) is 0. The lowest BCUT2D eigenvalue weighted by molar-refractivity contribution is 0.0983. The largest absolute Gasteiger partial charge is 0.302 e. The predicted octanol–water partition coefficient (Wildman–Crippen LogP) is 4.19. The summed E-state index contributed by atoms with van der Waals surface area (Å²) in [5.41, 5.74) is 1.18. The van der Waals surface area contributed by atoms with Crippen molar-refractivity contribution in [3.8, 4) is 0 Å². The normalized spacial score (nSPS) is 12.1. The van der Waals surface area contributed by atoms with E-state index in [0.29, 0.717) is 28.8 Å². The minimum atomic E-state index is -3.56. The lowest BCUT2D eigenvalue weighted by Crippen LogP contribution is -2.38. The zero-order chi connectivity index (χ0) is 23.5. The molecule has 0 spiro atoms. The van der Waals surface area contributed by atoms with Crippen LogP contribution in [-0.4, -0.2) is 68.8 Å². The number of carbonyl (C=O) groups is 1. The molecule has 1 heterocycles. The van der Waals surface area contributed by atoms with Crippen molar-refractivity contribution in [2.75, 3.05) is 45.2 Å². The van der Waals surface area contributed by atoms with E-state index in [0.717, 1.165) is 27.6 Å². The zero-order valence-electron chi connectivity index (χ0n) is 18.6. The molecule has 0 radical (unpaired) electrons. The molecule has 0 saturated carbocycles. The van der Waals surface area contributed by atoms with Crippen LogP contribution in [0.15, 0.2) is 47.4 Å². The summed E-state index contributed by atoms with van der Waals surface area (Å²) in [6.45, 7) is 7.09. The Kier molecular flexibility index (Phi) is 7.89. The molecule has 7 nitrogen and oxygen atoms in total. The SMILES string of the molecule is CCN(CC)CCN(C(=O)c1ccc(S(=O)(=O)N(C)C)cc1)c1nc2ccc(Cl)cc2s1. The standard InChI is InChI=1S/C22H27ClN4O3S2/c1-5-26(6-2)13-14-27(22-24-19-12-9-17(23)15-20(19)31-22)21(28)16-7-10-18(11-8-16)32(29,30)25(3)4/h7-12,15H,5-6,13-14H2,1-4H3. The van der Waals surface area contributed by atoms with Crippen LogP contribution in [0.1, 0.15) is 24.2 Å². The van der Waals surface area contributed by atoms with Gasteiger partial charge in [0.1, 0.15) is 0 Å². The smallest absolute Gasteiger partial charge is 0.260 e. The molecule has 3 aromatic rings. The maximum absolute atomic E-state index is 13.5. The minimum absolute atomic E-state index is 0.142. The summed E-state index contributed by atoms with van der Waals surface area (Å²) >= 11 is 7.53. The number of fused-ring (bicyclic) bond motifs is 1. The summed E-state index contributed by atoms with van der Waals surface area (Å²) in [7, 11) is -0.613. The highest BCUT2D eigenvalue weighted by molar-refractivity contribution is 7.89. The second kappa shape index (κ2) is 10.3. The Morgan fingerprint density at radius 1 is 1.03 bits per heavy atom. The van der Waals surface area contributed by atoms with Crippen LogP contribution in [0.4, 0.5) is 5.13 Å². The highest BCUT2D eigenvalue weighted by Crippen LogP contribution is 2.31. The van der Waals surface area contributed by atoms with Crippen molar-refractivity contribution in [2.45, 2.75) is 18.7 Å². The van der Waals surface area contributed by atoms with E-state index in [1.165, 1.54) is 37.6 Å². The Hall–Kier alpha value is -2.04. The zero-order valence-corrected chi connectivity index (χ0v) is 21.0. The van der Waals surface area contributed by atoms with E-state index in [2.05, 4.69) is 23.7 Å². The van der Waals surface area contributed by atoms with Crippen LogP contribution < -0.4 is 4.90 Å². The lowest BCUT2D eigenvalue weighted by Gasteiger charge is -2.24. The number of likely N-dealkylation sites (N-methyl/N-ethyl adjacent to an activating group) is 1. The number of amides is 1. The molecule has 1 aromatic heterocycles. The van der Waals surface area contributed by atoms with Gasteiger partial charge in [-0.05, 0) is 55.6 Å². The first kappa shape index (κ1) is 24.6. The lowest BCUT2D eigenvalue weighted by atomic mass is 10.2. The fraction of sp³-hybridized carbons (Fsp3) is 0.364. The van der Waals surface area contributed by atoms with Gasteiger partial charge in [-0.3, -0.25) is 9.69 Å². The molecule has 1 amide bonds. The molecule has 3 rings (SSSR count). The first-order valence-electron chi connectivity index (χ1n) is 10.3. The maximum atomic E-state index is 13.5. The molecule has 0 unspecified atom stereocenters. The van der Waals surface area contributed by atoms with Gasteiger partial charge in [0.2, 0.25) is 10.0 Å². The van der Waals surface area contributed by atoms with Crippen LogP contribution in [0.2, 0.25) is 5.02 Å². The third-order valence-electron chi connectivity index (χ3n) is 5.23. The molecule has 0 fully saturated rings. The second-order valence-electron chi connectivity index (χ2n) is 7.40. The molecule has 2 aromatic carbocycles. The molecule has 0 aliphatic heterocycles. The summed E-state index contributed by atoms with van der Waals surface area (Å²) < 4.78 is 26.7. The first-order chi connectivity index (χ1) is 15.2. The van der Waals surface area contributed by atoms with Crippen molar-refractivity contribution in [1.82, 2.24) is 14.2 Å². The summed E-state index contributed by atoms with van der Waals surface area (Å²) in [6, 6.07) is 11.5.